The van der Waals surface area contributed by atoms with Crippen molar-refractivity contribution in [2.24, 2.45) is 0 Å². The van der Waals surface area contributed by atoms with E-state index >= 15 is 0 Å². The Bertz CT molecular complexity index is 2930. The zero-order valence-electron chi connectivity index (χ0n) is 28.6. The molecule has 10 aromatic rings. The van der Waals surface area contributed by atoms with Crippen LogP contribution in [-0.4, -0.2) is 15.0 Å². The quantitative estimate of drug-likeness (QED) is 0.176. The number of furan rings is 1. The van der Waals surface area contributed by atoms with Crippen molar-refractivity contribution < 1.29 is 4.42 Å². The first-order valence-electron chi connectivity index (χ1n) is 17.8. The molecule has 0 spiro atoms. The third kappa shape index (κ3) is 5.73. The van der Waals surface area contributed by atoms with Gasteiger partial charge >= 0.3 is 0 Å². The molecule has 0 radical (unpaired) electrons. The molecule has 0 fully saturated rings. The molecular weight excluding hydrogens is 647 g/mol. The van der Waals surface area contributed by atoms with Gasteiger partial charge in [0.05, 0.1) is 0 Å². The first-order valence-corrected chi connectivity index (χ1v) is 17.8. The summed E-state index contributed by atoms with van der Waals surface area (Å²) in [6.07, 6.45) is 0. The fourth-order valence-corrected chi connectivity index (χ4v) is 7.24. The summed E-state index contributed by atoms with van der Waals surface area (Å²) >= 11 is 0. The van der Waals surface area contributed by atoms with Crippen molar-refractivity contribution >= 4 is 32.7 Å². The van der Waals surface area contributed by atoms with E-state index in [9.17, 15) is 0 Å². The molecule has 10 rings (SSSR count). The van der Waals surface area contributed by atoms with Crippen LogP contribution >= 0.6 is 0 Å². The van der Waals surface area contributed by atoms with Crippen molar-refractivity contribution in [3.8, 4) is 67.5 Å². The van der Waals surface area contributed by atoms with Gasteiger partial charge in [-0.25, -0.2) is 15.0 Å². The summed E-state index contributed by atoms with van der Waals surface area (Å²) in [6, 6.07) is 65.2. The van der Waals surface area contributed by atoms with E-state index in [0.29, 0.717) is 17.5 Å². The van der Waals surface area contributed by atoms with Crippen LogP contribution in [-0.2, 0) is 0 Å². The standard InChI is InChI=1S/C49H31N3O/c1-3-12-32(13-4-1)38-18-11-19-40(29-38)48-50-47(36-25-22-34(23-26-36)39-27-24-33-14-7-8-17-37(33)28-39)51-49(52-48)41-30-43(35-15-5-2-6-16-35)46-42-20-9-10-21-44(42)53-45(46)31-41/h1-31H. The van der Waals surface area contributed by atoms with Gasteiger partial charge in [0.1, 0.15) is 11.2 Å². The van der Waals surface area contributed by atoms with Crippen LogP contribution in [0.2, 0.25) is 0 Å². The molecular formula is C49H31N3O. The number of hydrogen-bond donors (Lipinski definition) is 0. The first-order chi connectivity index (χ1) is 26.2. The molecule has 0 unspecified atom stereocenters. The van der Waals surface area contributed by atoms with Crippen molar-refractivity contribution in [3.05, 3.63) is 188 Å². The summed E-state index contributed by atoms with van der Waals surface area (Å²) < 4.78 is 6.48. The molecule has 53 heavy (non-hydrogen) atoms. The van der Waals surface area contributed by atoms with Crippen LogP contribution in [0.3, 0.4) is 0 Å². The number of nitrogens with zero attached hydrogens (tertiary/aromatic N) is 3. The molecule has 0 N–H and O–H groups in total. The van der Waals surface area contributed by atoms with E-state index in [0.717, 1.165) is 72.0 Å². The van der Waals surface area contributed by atoms with Gasteiger partial charge in [-0.05, 0) is 74.5 Å². The molecule has 248 valence electrons. The minimum absolute atomic E-state index is 0.577. The highest BCUT2D eigenvalue weighted by atomic mass is 16.3. The summed E-state index contributed by atoms with van der Waals surface area (Å²) in [7, 11) is 0. The van der Waals surface area contributed by atoms with Crippen LogP contribution in [0.15, 0.2) is 192 Å². The summed E-state index contributed by atoms with van der Waals surface area (Å²) in [5, 5.41) is 4.60. The van der Waals surface area contributed by atoms with Crippen LogP contribution in [0.4, 0.5) is 0 Å². The van der Waals surface area contributed by atoms with Crippen LogP contribution in [0.25, 0.3) is 100 Å². The van der Waals surface area contributed by atoms with Gasteiger partial charge < -0.3 is 4.42 Å². The van der Waals surface area contributed by atoms with Gasteiger partial charge in [0, 0.05) is 27.5 Å². The average molecular weight is 678 g/mol. The Morgan fingerprint density at radius 2 is 0.849 bits per heavy atom. The Balaban J connectivity index is 1.15. The van der Waals surface area contributed by atoms with Gasteiger partial charge in [0.15, 0.2) is 17.5 Å². The third-order valence-electron chi connectivity index (χ3n) is 9.91. The van der Waals surface area contributed by atoms with Gasteiger partial charge in [0.25, 0.3) is 0 Å². The molecule has 4 heteroatoms. The minimum atomic E-state index is 0.577. The smallest absolute Gasteiger partial charge is 0.164 e. The van der Waals surface area contributed by atoms with Crippen LogP contribution in [0, 0.1) is 0 Å². The van der Waals surface area contributed by atoms with Gasteiger partial charge in [-0.1, -0.05) is 158 Å². The van der Waals surface area contributed by atoms with E-state index in [-0.39, 0.29) is 0 Å². The van der Waals surface area contributed by atoms with Crippen molar-refractivity contribution in [1.29, 1.82) is 0 Å². The minimum Gasteiger partial charge on any atom is -0.456 e. The lowest BCUT2D eigenvalue weighted by molar-refractivity contribution is 0.669. The molecule has 2 aromatic heterocycles. The highest BCUT2D eigenvalue weighted by molar-refractivity contribution is 6.13. The Kier molecular flexibility index (Phi) is 7.43. The fraction of sp³-hybridized carbons (Fsp3) is 0. The van der Waals surface area contributed by atoms with Crippen molar-refractivity contribution in [2.45, 2.75) is 0 Å². The number of benzene rings is 8. The summed E-state index contributed by atoms with van der Waals surface area (Å²) in [4.78, 5) is 15.4. The molecule has 0 atom stereocenters. The number of fused-ring (bicyclic) bond motifs is 4. The van der Waals surface area contributed by atoms with Crippen molar-refractivity contribution in [2.75, 3.05) is 0 Å². The number of aromatic nitrogens is 3. The molecule has 0 amide bonds. The predicted octanol–water partition coefficient (Wildman–Crippen LogP) is 12.9. The predicted molar refractivity (Wildman–Crippen MR) is 217 cm³/mol. The van der Waals surface area contributed by atoms with Crippen LogP contribution < -0.4 is 0 Å². The van der Waals surface area contributed by atoms with Gasteiger partial charge in [-0.2, -0.15) is 0 Å². The number of hydrogen-bond acceptors (Lipinski definition) is 4. The molecule has 0 aliphatic rings. The summed E-state index contributed by atoms with van der Waals surface area (Å²) in [5.41, 5.74) is 11.0. The normalized spacial score (nSPS) is 11.4. The van der Waals surface area contributed by atoms with Crippen molar-refractivity contribution in [1.82, 2.24) is 15.0 Å². The maximum absolute atomic E-state index is 6.48. The van der Waals surface area contributed by atoms with E-state index in [1.807, 2.05) is 24.3 Å². The van der Waals surface area contributed by atoms with Crippen LogP contribution in [0.5, 0.6) is 0 Å². The molecule has 0 saturated carbocycles. The molecule has 8 aromatic carbocycles. The molecule has 0 saturated heterocycles. The highest BCUT2D eigenvalue weighted by Crippen LogP contribution is 2.40. The lowest BCUT2D eigenvalue weighted by atomic mass is 9.96. The lowest BCUT2D eigenvalue weighted by Crippen LogP contribution is -2.00. The Hall–Kier alpha value is -7.17. The number of para-hydroxylation sites is 1. The Morgan fingerprint density at radius 1 is 0.302 bits per heavy atom. The fourth-order valence-electron chi connectivity index (χ4n) is 7.24. The van der Waals surface area contributed by atoms with E-state index in [4.69, 9.17) is 19.4 Å². The topological polar surface area (TPSA) is 51.8 Å². The SMILES string of the molecule is c1ccc(-c2cccc(-c3nc(-c4ccc(-c5ccc6ccccc6c5)cc4)nc(-c4cc(-c5ccccc5)c5c(c4)oc4ccccc45)n3)c2)cc1. The van der Waals surface area contributed by atoms with Crippen LogP contribution in [0.1, 0.15) is 0 Å². The molecule has 2 heterocycles. The second-order valence-corrected chi connectivity index (χ2v) is 13.3. The molecule has 0 aliphatic carbocycles. The van der Waals surface area contributed by atoms with E-state index in [2.05, 4.69) is 164 Å². The zero-order valence-corrected chi connectivity index (χ0v) is 28.6. The maximum atomic E-state index is 6.48. The van der Waals surface area contributed by atoms with E-state index < -0.39 is 0 Å². The van der Waals surface area contributed by atoms with Gasteiger partial charge in [-0.3, -0.25) is 0 Å². The molecule has 4 nitrogen and oxygen atoms in total. The Labute approximate surface area is 306 Å². The first kappa shape index (κ1) is 30.6. The summed E-state index contributed by atoms with van der Waals surface area (Å²) in [5.74, 6) is 1.78. The molecule has 0 bridgehead atoms. The largest absolute Gasteiger partial charge is 0.456 e. The second kappa shape index (κ2) is 12.9. The molecule has 0 aliphatic heterocycles. The highest BCUT2D eigenvalue weighted by Gasteiger charge is 2.19. The number of rotatable bonds is 6. The third-order valence-corrected chi connectivity index (χ3v) is 9.91. The average Bonchev–Trinajstić information content (AvgIpc) is 3.62. The monoisotopic (exact) mass is 677 g/mol. The van der Waals surface area contributed by atoms with E-state index in [1.165, 1.54) is 10.8 Å². The van der Waals surface area contributed by atoms with Crippen molar-refractivity contribution in [3.63, 3.8) is 0 Å². The van der Waals surface area contributed by atoms with Gasteiger partial charge in [-0.15, -0.1) is 0 Å². The second-order valence-electron chi connectivity index (χ2n) is 13.3. The summed E-state index contributed by atoms with van der Waals surface area (Å²) in [6.45, 7) is 0. The Morgan fingerprint density at radius 3 is 1.64 bits per heavy atom. The maximum Gasteiger partial charge on any atom is 0.164 e. The van der Waals surface area contributed by atoms with E-state index in [1.54, 1.807) is 0 Å². The van der Waals surface area contributed by atoms with Gasteiger partial charge in [0.2, 0.25) is 0 Å². The lowest BCUT2D eigenvalue weighted by Gasteiger charge is -2.12. The zero-order chi connectivity index (χ0) is 35.1.